The van der Waals surface area contributed by atoms with Gasteiger partial charge in [0.25, 0.3) is 0 Å². The van der Waals surface area contributed by atoms with E-state index in [1.165, 1.54) is 103 Å². The lowest BCUT2D eigenvalue weighted by Crippen LogP contribution is -2.31. The molecule has 2 atom stereocenters. The summed E-state index contributed by atoms with van der Waals surface area (Å²) >= 11 is 6.03. The van der Waals surface area contributed by atoms with E-state index in [-0.39, 0.29) is 0 Å². The van der Waals surface area contributed by atoms with Crippen molar-refractivity contribution in [3.8, 4) is 0 Å². The number of hydrogen-bond donors (Lipinski definition) is 1. The van der Waals surface area contributed by atoms with E-state index in [1.54, 1.807) is 0 Å². The van der Waals surface area contributed by atoms with Crippen LogP contribution in [0.15, 0.2) is 0 Å². The Kier molecular flexibility index (Phi) is 20.2. The Morgan fingerprint density at radius 3 is 1.41 bits per heavy atom. The average molecular weight is 405 g/mol. The van der Waals surface area contributed by atoms with Gasteiger partial charge in [-0.05, 0) is 6.42 Å². The second kappa shape index (κ2) is 20.5. The molecular weight excluding hydrogens is 360 g/mol. The molecule has 0 aliphatic carbocycles. The molecule has 0 heterocycles. The van der Waals surface area contributed by atoms with E-state index in [1.807, 2.05) is 0 Å². The number of aliphatic hydroxyl groups is 1. The van der Waals surface area contributed by atoms with E-state index in [4.69, 9.17) is 11.6 Å². The Balaban J connectivity index is 3.20. The molecule has 0 aliphatic rings. The Morgan fingerprint density at radius 1 is 0.741 bits per heavy atom. The fraction of sp³-hybridized carbons (Fsp3) is 0.957. The fourth-order valence-corrected chi connectivity index (χ4v) is 3.75. The largest absolute Gasteiger partial charge is 0.467 e. The molecule has 0 saturated heterocycles. The lowest BCUT2D eigenvalue weighted by Gasteiger charge is -2.14. The lowest BCUT2D eigenvalue weighted by atomic mass is 10.0. The van der Waals surface area contributed by atoms with Crippen molar-refractivity contribution in [2.75, 3.05) is 7.11 Å². The van der Waals surface area contributed by atoms with Gasteiger partial charge >= 0.3 is 5.97 Å². The second-order valence-corrected chi connectivity index (χ2v) is 8.49. The first kappa shape index (κ1) is 26.7. The summed E-state index contributed by atoms with van der Waals surface area (Å²) in [5, 5.41) is 9.08. The van der Waals surface area contributed by atoms with Crippen LogP contribution in [0.5, 0.6) is 0 Å². The number of alkyl halides is 1. The maximum atomic E-state index is 11.2. The van der Waals surface area contributed by atoms with Gasteiger partial charge in [0, 0.05) is 0 Å². The topological polar surface area (TPSA) is 46.5 Å². The van der Waals surface area contributed by atoms with Crippen LogP contribution < -0.4 is 0 Å². The third kappa shape index (κ3) is 17.5. The number of rotatable bonds is 20. The number of esters is 1. The maximum Gasteiger partial charge on any atom is 0.336 e. The molecule has 0 bridgehead atoms. The molecule has 0 radical (unpaired) electrons. The first-order valence-corrected chi connectivity index (χ1v) is 12.0. The first-order valence-electron chi connectivity index (χ1n) is 11.5. The molecule has 2 unspecified atom stereocenters. The van der Waals surface area contributed by atoms with Crippen molar-refractivity contribution in [1.29, 1.82) is 0 Å². The molecular formula is C23H45ClO3. The molecule has 0 aliphatic heterocycles. The van der Waals surface area contributed by atoms with Crippen molar-refractivity contribution in [2.24, 2.45) is 0 Å². The van der Waals surface area contributed by atoms with Gasteiger partial charge in [0.05, 0.1) is 12.5 Å². The number of hydrogen-bond acceptors (Lipinski definition) is 3. The minimum atomic E-state index is -1.20. The van der Waals surface area contributed by atoms with Crippen LogP contribution in [0.4, 0.5) is 0 Å². The number of methoxy groups -OCH3 is 1. The van der Waals surface area contributed by atoms with Gasteiger partial charge in [0.15, 0.2) is 6.10 Å². The summed E-state index contributed by atoms with van der Waals surface area (Å²) in [5.41, 5.74) is 0. The van der Waals surface area contributed by atoms with Crippen LogP contribution in [-0.4, -0.2) is 29.7 Å². The van der Waals surface area contributed by atoms with E-state index in [9.17, 15) is 9.90 Å². The Bertz CT molecular complexity index is 323. The third-order valence-corrected chi connectivity index (χ3v) is 5.83. The van der Waals surface area contributed by atoms with Gasteiger partial charge in [0.1, 0.15) is 0 Å². The van der Waals surface area contributed by atoms with Gasteiger partial charge in [-0.1, -0.05) is 116 Å². The van der Waals surface area contributed by atoms with Crippen molar-refractivity contribution >= 4 is 17.6 Å². The van der Waals surface area contributed by atoms with Crippen LogP contribution in [-0.2, 0) is 9.53 Å². The number of halogens is 1. The maximum absolute atomic E-state index is 11.2. The summed E-state index contributed by atoms with van der Waals surface area (Å²) in [4.78, 5) is 11.2. The van der Waals surface area contributed by atoms with Gasteiger partial charge in [-0.2, -0.15) is 0 Å². The molecule has 0 aromatic rings. The van der Waals surface area contributed by atoms with E-state index < -0.39 is 17.5 Å². The number of aliphatic hydroxyl groups excluding tert-OH is 1. The van der Waals surface area contributed by atoms with Gasteiger partial charge in [-0.3, -0.25) is 0 Å². The monoisotopic (exact) mass is 404 g/mol. The summed E-state index contributed by atoms with van der Waals surface area (Å²) in [6.07, 6.45) is 22.3. The average Bonchev–Trinajstić information content (AvgIpc) is 2.68. The quantitative estimate of drug-likeness (QED) is 0.133. The molecule has 162 valence electrons. The van der Waals surface area contributed by atoms with E-state index >= 15 is 0 Å². The molecule has 1 N–H and O–H groups in total. The molecule has 4 heteroatoms. The SMILES string of the molecule is CCCCCCCCCCCCCCCCCCCC(Cl)C(O)C(=O)OC. The van der Waals surface area contributed by atoms with Crippen molar-refractivity contribution in [3.05, 3.63) is 0 Å². The highest BCUT2D eigenvalue weighted by Crippen LogP contribution is 2.17. The van der Waals surface area contributed by atoms with Crippen molar-refractivity contribution in [2.45, 2.75) is 134 Å². The predicted octanol–water partition coefficient (Wildman–Crippen LogP) is 7.17. The van der Waals surface area contributed by atoms with Crippen LogP contribution in [0.25, 0.3) is 0 Å². The standard InChI is InChI=1S/C23H45ClO3/c1-3-4-5-6-7-8-9-10-11-12-13-14-15-16-17-18-19-20-21(24)22(25)23(26)27-2/h21-22,25H,3-20H2,1-2H3. The zero-order valence-corrected chi connectivity index (χ0v) is 18.8. The van der Waals surface area contributed by atoms with Crippen molar-refractivity contribution in [3.63, 3.8) is 0 Å². The zero-order valence-electron chi connectivity index (χ0n) is 18.0. The van der Waals surface area contributed by atoms with E-state index in [0.29, 0.717) is 6.42 Å². The summed E-state index contributed by atoms with van der Waals surface area (Å²) in [5.74, 6) is -0.637. The van der Waals surface area contributed by atoms with E-state index in [0.717, 1.165) is 12.8 Å². The molecule has 3 nitrogen and oxygen atoms in total. The lowest BCUT2D eigenvalue weighted by molar-refractivity contribution is -0.150. The van der Waals surface area contributed by atoms with Crippen LogP contribution in [0.3, 0.4) is 0 Å². The number of carbonyl (C=O) groups excluding carboxylic acids is 1. The molecule has 0 saturated carbocycles. The summed E-state index contributed by atoms with van der Waals surface area (Å²) in [6.45, 7) is 2.28. The fourth-order valence-electron chi connectivity index (χ4n) is 3.49. The van der Waals surface area contributed by atoms with Gasteiger partial charge in [-0.25, -0.2) is 4.79 Å². The highest BCUT2D eigenvalue weighted by Gasteiger charge is 2.24. The summed E-state index contributed by atoms with van der Waals surface area (Å²) in [6, 6.07) is 0. The number of unbranched alkanes of at least 4 members (excludes halogenated alkanes) is 16. The smallest absolute Gasteiger partial charge is 0.336 e. The van der Waals surface area contributed by atoms with Gasteiger partial charge < -0.3 is 9.84 Å². The Morgan fingerprint density at radius 2 is 1.07 bits per heavy atom. The van der Waals surface area contributed by atoms with Crippen LogP contribution in [0.1, 0.15) is 122 Å². The first-order chi connectivity index (χ1) is 13.1. The molecule has 0 rings (SSSR count). The number of carbonyl (C=O) groups is 1. The van der Waals surface area contributed by atoms with Crippen molar-refractivity contribution in [1.82, 2.24) is 0 Å². The Labute approximate surface area is 173 Å². The van der Waals surface area contributed by atoms with Crippen molar-refractivity contribution < 1.29 is 14.6 Å². The minimum Gasteiger partial charge on any atom is -0.467 e. The van der Waals surface area contributed by atoms with Crippen LogP contribution in [0.2, 0.25) is 0 Å². The predicted molar refractivity (Wildman–Crippen MR) is 116 cm³/mol. The minimum absolute atomic E-state index is 0.534. The Hall–Kier alpha value is -0.280. The molecule has 0 fully saturated rings. The normalized spacial score (nSPS) is 13.5. The highest BCUT2D eigenvalue weighted by atomic mass is 35.5. The van der Waals surface area contributed by atoms with Crippen LogP contribution >= 0.6 is 11.6 Å². The summed E-state index contributed by atoms with van der Waals surface area (Å²) < 4.78 is 4.50. The van der Waals surface area contributed by atoms with Gasteiger partial charge in [-0.15, -0.1) is 11.6 Å². The zero-order chi connectivity index (χ0) is 20.2. The van der Waals surface area contributed by atoms with E-state index in [2.05, 4.69) is 11.7 Å². The number of ether oxygens (including phenoxy) is 1. The molecule has 27 heavy (non-hydrogen) atoms. The van der Waals surface area contributed by atoms with Crippen LogP contribution in [0, 0.1) is 0 Å². The third-order valence-electron chi connectivity index (χ3n) is 5.37. The molecule has 0 aromatic heterocycles. The van der Waals surface area contributed by atoms with Gasteiger partial charge in [0.2, 0.25) is 0 Å². The molecule has 0 spiro atoms. The second-order valence-electron chi connectivity index (χ2n) is 7.93. The molecule has 0 amide bonds. The molecule has 0 aromatic carbocycles. The summed E-state index contributed by atoms with van der Waals surface area (Å²) in [7, 11) is 1.27. The highest BCUT2D eigenvalue weighted by molar-refractivity contribution is 6.22.